The third-order valence-corrected chi connectivity index (χ3v) is 4.59. The number of hydrogen-bond donors (Lipinski definition) is 1. The van der Waals surface area contributed by atoms with Gasteiger partial charge in [0, 0.05) is 36.2 Å². The molecule has 0 amide bonds. The Bertz CT molecular complexity index is 402. The van der Waals surface area contributed by atoms with Crippen LogP contribution in [-0.2, 0) is 11.3 Å². The lowest BCUT2D eigenvalue weighted by Gasteiger charge is -2.60. The fourth-order valence-corrected chi connectivity index (χ4v) is 3.01. The van der Waals surface area contributed by atoms with Crippen molar-refractivity contribution in [2.24, 2.45) is 11.1 Å². The maximum absolute atomic E-state index is 6.59. The first-order chi connectivity index (χ1) is 8.89. The third-order valence-electron chi connectivity index (χ3n) is 4.59. The molecule has 0 radical (unpaired) electrons. The summed E-state index contributed by atoms with van der Waals surface area (Å²) in [6, 6.07) is 1.99. The number of nitrogens with zero attached hydrogens (tertiary/aromatic N) is 1. The van der Waals surface area contributed by atoms with Crippen LogP contribution in [0.3, 0.4) is 0 Å². The zero-order valence-corrected chi connectivity index (χ0v) is 12.5. The molecule has 0 aliphatic heterocycles. The number of ether oxygens (including phenoxy) is 1. The molecule has 0 saturated heterocycles. The summed E-state index contributed by atoms with van der Waals surface area (Å²) in [5.74, 6) is 0. The van der Waals surface area contributed by atoms with Gasteiger partial charge in [0.2, 0.25) is 0 Å². The standard InChI is InChI=1S/C15H26N2O2/c1-5-19-13-8-15(16,14(13,2)3)11-17(4)9-12-6-7-18-10-12/h6-7,10,13H,5,8-9,11,16H2,1-4H3. The summed E-state index contributed by atoms with van der Waals surface area (Å²) in [5, 5.41) is 0. The molecule has 1 fully saturated rings. The Morgan fingerprint density at radius 2 is 2.26 bits per heavy atom. The summed E-state index contributed by atoms with van der Waals surface area (Å²) >= 11 is 0. The van der Waals surface area contributed by atoms with Crippen LogP contribution in [0, 0.1) is 5.41 Å². The third kappa shape index (κ3) is 2.71. The van der Waals surface area contributed by atoms with Crippen LogP contribution in [-0.4, -0.2) is 36.7 Å². The molecule has 2 atom stereocenters. The molecule has 108 valence electrons. The quantitative estimate of drug-likeness (QED) is 0.858. The van der Waals surface area contributed by atoms with Gasteiger partial charge in [0.25, 0.3) is 0 Å². The van der Waals surface area contributed by atoms with E-state index < -0.39 is 0 Å². The van der Waals surface area contributed by atoms with Crippen LogP contribution in [0.1, 0.15) is 32.8 Å². The Balaban J connectivity index is 1.92. The Kier molecular flexibility index (Phi) is 4.04. The molecular formula is C15H26N2O2. The number of furan rings is 1. The summed E-state index contributed by atoms with van der Waals surface area (Å²) in [5.41, 5.74) is 7.62. The van der Waals surface area contributed by atoms with Gasteiger partial charge in [0.05, 0.1) is 18.6 Å². The normalized spacial score (nSPS) is 29.5. The minimum absolute atomic E-state index is 0.0215. The van der Waals surface area contributed by atoms with Gasteiger partial charge in [-0.2, -0.15) is 0 Å². The minimum atomic E-state index is -0.175. The topological polar surface area (TPSA) is 51.6 Å². The van der Waals surface area contributed by atoms with Gasteiger partial charge < -0.3 is 19.8 Å². The van der Waals surface area contributed by atoms with Crippen LogP contribution < -0.4 is 5.73 Å². The Hall–Kier alpha value is -0.840. The molecule has 1 aromatic heterocycles. The van der Waals surface area contributed by atoms with Crippen LogP contribution in [0.2, 0.25) is 0 Å². The van der Waals surface area contributed by atoms with Crippen molar-refractivity contribution < 1.29 is 9.15 Å². The fraction of sp³-hybridized carbons (Fsp3) is 0.733. The van der Waals surface area contributed by atoms with Crippen molar-refractivity contribution in [3.05, 3.63) is 24.2 Å². The van der Waals surface area contributed by atoms with Gasteiger partial charge in [0.1, 0.15) is 0 Å². The van der Waals surface area contributed by atoms with Crippen molar-refractivity contribution in [2.75, 3.05) is 20.2 Å². The lowest BCUT2D eigenvalue weighted by Crippen LogP contribution is -2.73. The molecule has 2 unspecified atom stereocenters. The largest absolute Gasteiger partial charge is 0.472 e. The van der Waals surface area contributed by atoms with Gasteiger partial charge >= 0.3 is 0 Å². The summed E-state index contributed by atoms with van der Waals surface area (Å²) < 4.78 is 10.9. The maximum Gasteiger partial charge on any atom is 0.0947 e. The van der Waals surface area contributed by atoms with Crippen molar-refractivity contribution in [2.45, 2.75) is 45.4 Å². The summed E-state index contributed by atoms with van der Waals surface area (Å²) in [4.78, 5) is 2.26. The highest BCUT2D eigenvalue weighted by molar-refractivity contribution is 5.15. The van der Waals surface area contributed by atoms with E-state index in [0.29, 0.717) is 0 Å². The maximum atomic E-state index is 6.59. The Morgan fingerprint density at radius 3 is 2.79 bits per heavy atom. The molecule has 0 bridgehead atoms. The van der Waals surface area contributed by atoms with E-state index in [1.54, 1.807) is 12.5 Å². The number of hydrogen-bond acceptors (Lipinski definition) is 4. The van der Waals surface area contributed by atoms with Crippen molar-refractivity contribution in [3.8, 4) is 0 Å². The first-order valence-corrected chi connectivity index (χ1v) is 6.99. The van der Waals surface area contributed by atoms with Gasteiger partial charge in [-0.15, -0.1) is 0 Å². The Labute approximate surface area is 115 Å². The smallest absolute Gasteiger partial charge is 0.0947 e. The number of rotatable bonds is 6. The van der Waals surface area contributed by atoms with E-state index >= 15 is 0 Å². The van der Waals surface area contributed by atoms with E-state index in [9.17, 15) is 0 Å². The highest BCUT2D eigenvalue weighted by Gasteiger charge is 2.58. The van der Waals surface area contributed by atoms with Crippen LogP contribution in [0.4, 0.5) is 0 Å². The average molecular weight is 266 g/mol. The lowest BCUT2D eigenvalue weighted by molar-refractivity contribution is -0.155. The highest BCUT2D eigenvalue weighted by atomic mass is 16.5. The van der Waals surface area contributed by atoms with Crippen LogP contribution in [0.25, 0.3) is 0 Å². The molecule has 1 aromatic rings. The molecule has 2 N–H and O–H groups in total. The van der Waals surface area contributed by atoms with E-state index in [4.69, 9.17) is 14.9 Å². The fourth-order valence-electron chi connectivity index (χ4n) is 3.01. The zero-order valence-electron chi connectivity index (χ0n) is 12.5. The summed E-state index contributed by atoms with van der Waals surface area (Å²) in [7, 11) is 2.10. The summed E-state index contributed by atoms with van der Waals surface area (Å²) in [6.07, 6.45) is 4.71. The molecule has 0 aromatic carbocycles. The van der Waals surface area contributed by atoms with Gasteiger partial charge in [-0.25, -0.2) is 0 Å². The van der Waals surface area contributed by atoms with E-state index in [2.05, 4.69) is 25.8 Å². The van der Waals surface area contributed by atoms with Gasteiger partial charge in [-0.3, -0.25) is 0 Å². The summed E-state index contributed by atoms with van der Waals surface area (Å²) in [6.45, 7) is 8.96. The van der Waals surface area contributed by atoms with Crippen molar-refractivity contribution >= 4 is 0 Å². The average Bonchev–Trinajstić information content (AvgIpc) is 2.81. The molecule has 4 heteroatoms. The van der Waals surface area contributed by atoms with Crippen molar-refractivity contribution in [1.82, 2.24) is 4.90 Å². The van der Waals surface area contributed by atoms with Crippen molar-refractivity contribution in [1.29, 1.82) is 0 Å². The van der Waals surface area contributed by atoms with Crippen LogP contribution in [0.5, 0.6) is 0 Å². The first kappa shape index (κ1) is 14.6. The number of likely N-dealkylation sites (N-methyl/N-ethyl adjacent to an activating group) is 1. The van der Waals surface area contributed by atoms with E-state index in [0.717, 1.165) is 26.1 Å². The molecule has 1 aliphatic rings. The second-order valence-electron chi connectivity index (χ2n) is 6.33. The predicted molar refractivity (Wildman–Crippen MR) is 75.8 cm³/mol. The highest BCUT2D eigenvalue weighted by Crippen LogP contribution is 2.50. The monoisotopic (exact) mass is 266 g/mol. The van der Waals surface area contributed by atoms with Crippen LogP contribution in [0.15, 0.2) is 23.0 Å². The second kappa shape index (κ2) is 5.27. The van der Waals surface area contributed by atoms with E-state index in [-0.39, 0.29) is 17.1 Å². The SMILES string of the molecule is CCOC1CC(N)(CN(C)Cc2ccoc2)C1(C)C. The zero-order chi connectivity index (χ0) is 14.1. The van der Waals surface area contributed by atoms with Gasteiger partial charge in [-0.1, -0.05) is 13.8 Å². The molecule has 2 rings (SSSR count). The first-order valence-electron chi connectivity index (χ1n) is 6.99. The molecule has 1 aliphatic carbocycles. The van der Waals surface area contributed by atoms with E-state index in [1.165, 1.54) is 5.56 Å². The second-order valence-corrected chi connectivity index (χ2v) is 6.33. The predicted octanol–water partition coefficient (Wildman–Crippen LogP) is 2.24. The minimum Gasteiger partial charge on any atom is -0.472 e. The van der Waals surface area contributed by atoms with Crippen LogP contribution >= 0.6 is 0 Å². The van der Waals surface area contributed by atoms with Gasteiger partial charge in [0.15, 0.2) is 0 Å². The number of nitrogens with two attached hydrogens (primary N) is 1. The van der Waals surface area contributed by atoms with Crippen molar-refractivity contribution in [3.63, 3.8) is 0 Å². The molecule has 1 saturated carbocycles. The molecule has 19 heavy (non-hydrogen) atoms. The van der Waals surface area contributed by atoms with Gasteiger partial charge in [-0.05, 0) is 26.5 Å². The molecular weight excluding hydrogens is 240 g/mol. The molecule has 1 heterocycles. The lowest BCUT2D eigenvalue weighted by atomic mass is 9.54. The molecule has 4 nitrogen and oxygen atoms in total. The Morgan fingerprint density at radius 1 is 1.53 bits per heavy atom. The van der Waals surface area contributed by atoms with E-state index in [1.807, 2.05) is 13.0 Å². The molecule has 0 spiro atoms.